The average Bonchev–Trinajstić information content (AvgIpc) is 3.16. The summed E-state index contributed by atoms with van der Waals surface area (Å²) in [7, 11) is 3.09. The van der Waals surface area contributed by atoms with Crippen LogP contribution in [0.1, 0.15) is 68.2 Å². The molecule has 0 aliphatic carbocycles. The highest BCUT2D eigenvalue weighted by atomic mass is 33.1. The maximum Gasteiger partial charge on any atom is 0.316 e. The van der Waals surface area contributed by atoms with Gasteiger partial charge in [0.2, 0.25) is 0 Å². The van der Waals surface area contributed by atoms with Crippen LogP contribution in [0, 0.1) is 11.8 Å². The first kappa shape index (κ1) is 30.9. The highest BCUT2D eigenvalue weighted by molar-refractivity contribution is 8.76. The second-order valence-corrected chi connectivity index (χ2v) is 15.3. The van der Waals surface area contributed by atoms with Gasteiger partial charge in [-0.3, -0.25) is 9.59 Å². The third-order valence-corrected chi connectivity index (χ3v) is 10.6. The topological polar surface area (TPSA) is 98.9 Å². The summed E-state index contributed by atoms with van der Waals surface area (Å²) < 4.78 is 11.2. The number of rotatable bonds is 7. The van der Waals surface area contributed by atoms with Crippen molar-refractivity contribution in [3.63, 3.8) is 0 Å². The van der Waals surface area contributed by atoms with Crippen LogP contribution in [-0.4, -0.2) is 44.2 Å². The molecule has 2 aliphatic rings. The van der Waals surface area contributed by atoms with Crippen molar-refractivity contribution in [3.05, 3.63) is 48.5 Å². The van der Waals surface area contributed by atoms with Crippen molar-refractivity contribution in [2.24, 2.45) is 11.8 Å². The van der Waals surface area contributed by atoms with Crippen molar-refractivity contribution in [1.82, 2.24) is 10.1 Å². The number of nitrogens with zero attached hydrogens (tertiary/aromatic N) is 2. The molecule has 2 unspecified atom stereocenters. The largest absolute Gasteiger partial charge is 0.426 e. The second kappa shape index (κ2) is 11.0. The first-order valence-electron chi connectivity index (χ1n) is 13.4. The van der Waals surface area contributed by atoms with Gasteiger partial charge in [0.1, 0.15) is 11.5 Å². The Morgan fingerprint density at radius 2 is 0.925 bits per heavy atom. The van der Waals surface area contributed by atoms with Gasteiger partial charge in [-0.05, 0) is 117 Å². The fourth-order valence-corrected chi connectivity index (χ4v) is 7.78. The fraction of sp³-hybridized carbons (Fsp3) is 0.533. The Bertz CT molecular complexity index is 1150. The van der Waals surface area contributed by atoms with E-state index in [-0.39, 0.29) is 0 Å². The van der Waals surface area contributed by atoms with Gasteiger partial charge in [-0.15, -0.1) is 20.5 Å². The lowest BCUT2D eigenvalue weighted by Gasteiger charge is -2.32. The average molecular weight is 587 g/mol. The van der Waals surface area contributed by atoms with E-state index in [9.17, 15) is 20.0 Å². The Labute approximate surface area is 244 Å². The Balaban J connectivity index is 1.29. The molecule has 0 amide bonds. The van der Waals surface area contributed by atoms with E-state index >= 15 is 0 Å². The monoisotopic (exact) mass is 586 g/mol. The zero-order valence-corrected chi connectivity index (χ0v) is 26.0. The first-order valence-corrected chi connectivity index (χ1v) is 15.5. The molecule has 0 aromatic heterocycles. The minimum absolute atomic E-state index is 0.391. The van der Waals surface area contributed by atoms with Crippen molar-refractivity contribution in [2.45, 2.75) is 100 Å². The summed E-state index contributed by atoms with van der Waals surface area (Å²) in [5.74, 6) is -0.917. The third-order valence-electron chi connectivity index (χ3n) is 8.15. The van der Waals surface area contributed by atoms with Gasteiger partial charge in [-0.2, -0.15) is 0 Å². The summed E-state index contributed by atoms with van der Waals surface area (Å²) in [5, 5.41) is 27.2. The molecular weight excluding hydrogens is 548 g/mol. The Kier molecular flexibility index (Phi) is 8.46. The van der Waals surface area contributed by atoms with Gasteiger partial charge in [-0.25, -0.2) is 0 Å². The molecule has 2 radical (unpaired) electrons. The molecule has 0 bridgehead atoms. The molecule has 2 aromatic rings. The number of carbonyl (C=O) groups excluding carboxylic acids is 2. The Morgan fingerprint density at radius 3 is 1.18 bits per heavy atom. The van der Waals surface area contributed by atoms with E-state index in [0.717, 1.165) is 19.9 Å². The van der Waals surface area contributed by atoms with Crippen LogP contribution in [0.3, 0.4) is 0 Å². The predicted molar refractivity (Wildman–Crippen MR) is 153 cm³/mol. The van der Waals surface area contributed by atoms with Crippen molar-refractivity contribution < 1.29 is 29.5 Å². The summed E-state index contributed by atoms with van der Waals surface area (Å²) in [6.07, 6.45) is 0.890. The maximum atomic E-state index is 12.9. The van der Waals surface area contributed by atoms with Gasteiger partial charge in [0, 0.05) is 20.9 Å². The number of hydrogen-bond acceptors (Lipinski definition) is 8. The zero-order chi connectivity index (χ0) is 29.7. The van der Waals surface area contributed by atoms with Crippen LogP contribution >= 0.6 is 21.6 Å². The second-order valence-electron chi connectivity index (χ2n) is 13.0. The molecule has 4 rings (SSSR count). The molecule has 2 aromatic carbocycles. The van der Waals surface area contributed by atoms with E-state index in [2.05, 4.69) is 0 Å². The number of hydroxylamine groups is 4. The smallest absolute Gasteiger partial charge is 0.316 e. The van der Waals surface area contributed by atoms with Crippen molar-refractivity contribution in [1.29, 1.82) is 0 Å². The van der Waals surface area contributed by atoms with Crippen molar-refractivity contribution >= 4 is 33.5 Å². The molecule has 8 nitrogen and oxygen atoms in total. The van der Waals surface area contributed by atoms with Crippen LogP contribution in [0.2, 0.25) is 0 Å². The van der Waals surface area contributed by atoms with Gasteiger partial charge in [0.25, 0.3) is 0 Å². The summed E-state index contributed by atoms with van der Waals surface area (Å²) in [4.78, 5) is 27.7. The molecule has 2 fully saturated rings. The minimum atomic E-state index is -0.830. The number of carbonyl (C=O) groups is 2. The van der Waals surface area contributed by atoms with Crippen LogP contribution in [0.4, 0.5) is 0 Å². The lowest BCUT2D eigenvalue weighted by Crippen LogP contribution is -2.48. The molecule has 40 heavy (non-hydrogen) atoms. The van der Waals surface area contributed by atoms with E-state index in [1.807, 2.05) is 52.0 Å². The molecule has 2 atom stereocenters. The van der Waals surface area contributed by atoms with E-state index in [1.54, 1.807) is 73.5 Å². The standard InChI is InChI=1S/C30H38N2O6S2/c1-27(2)17-23(29(5,6)31(27)35)25(33)37-19-9-13-21(14-10-19)39-40-22-15-11-20(12-16-22)38-26(34)24-18-28(3,4)32(36)30(24,7)8/h9-16,23-24H,17-18H2,1-8H3. The van der Waals surface area contributed by atoms with Gasteiger partial charge in [0.15, 0.2) is 0 Å². The lowest BCUT2D eigenvalue weighted by molar-refractivity contribution is -0.248. The Morgan fingerprint density at radius 1 is 0.625 bits per heavy atom. The van der Waals surface area contributed by atoms with Crippen LogP contribution in [0.25, 0.3) is 0 Å². The molecule has 2 saturated heterocycles. The van der Waals surface area contributed by atoms with Gasteiger partial charge < -0.3 is 9.47 Å². The molecule has 0 spiro atoms. The van der Waals surface area contributed by atoms with Gasteiger partial charge in [0.05, 0.1) is 22.9 Å². The van der Waals surface area contributed by atoms with Crippen molar-refractivity contribution in [2.75, 3.05) is 0 Å². The van der Waals surface area contributed by atoms with E-state index in [4.69, 9.17) is 9.47 Å². The molecule has 0 saturated carbocycles. The zero-order valence-electron chi connectivity index (χ0n) is 24.3. The molecule has 216 valence electrons. The van der Waals surface area contributed by atoms with Crippen LogP contribution in [0.5, 0.6) is 11.5 Å². The predicted octanol–water partition coefficient (Wildman–Crippen LogP) is 6.75. The quantitative estimate of drug-likeness (QED) is 0.200. The minimum Gasteiger partial charge on any atom is -0.426 e. The lowest BCUT2D eigenvalue weighted by atomic mass is 9.87. The molecular formula is C30H38N2O6S2. The normalized spacial score (nSPS) is 25.1. The summed E-state index contributed by atoms with van der Waals surface area (Å²) >= 11 is 0. The highest BCUT2D eigenvalue weighted by Crippen LogP contribution is 2.46. The van der Waals surface area contributed by atoms with E-state index in [0.29, 0.717) is 24.3 Å². The van der Waals surface area contributed by atoms with Crippen molar-refractivity contribution in [3.8, 4) is 11.5 Å². The number of hydrogen-bond donors (Lipinski definition) is 0. The van der Waals surface area contributed by atoms with Gasteiger partial charge in [-0.1, -0.05) is 21.6 Å². The highest BCUT2D eigenvalue weighted by Gasteiger charge is 2.57. The molecule has 2 heterocycles. The van der Waals surface area contributed by atoms with Crippen LogP contribution in [-0.2, 0) is 20.0 Å². The maximum absolute atomic E-state index is 12.9. The first-order chi connectivity index (χ1) is 18.4. The summed E-state index contributed by atoms with van der Waals surface area (Å²) in [5.41, 5.74) is -2.89. The van der Waals surface area contributed by atoms with Gasteiger partial charge >= 0.3 is 11.9 Å². The van der Waals surface area contributed by atoms with E-state index < -0.39 is 45.9 Å². The number of esters is 2. The molecule has 2 aliphatic heterocycles. The van der Waals surface area contributed by atoms with E-state index in [1.165, 1.54) is 0 Å². The Hall–Kier alpha value is -2.08. The summed E-state index contributed by atoms with van der Waals surface area (Å²) in [6, 6.07) is 14.5. The fourth-order valence-electron chi connectivity index (χ4n) is 5.85. The van der Waals surface area contributed by atoms with Crippen LogP contribution in [0.15, 0.2) is 58.3 Å². The number of ether oxygens (including phenoxy) is 2. The van der Waals surface area contributed by atoms with Crippen LogP contribution < -0.4 is 9.47 Å². The number of benzene rings is 2. The third kappa shape index (κ3) is 6.07. The SMILES string of the molecule is CC1(C)CC(C(=O)Oc2ccc(SSc3ccc(OC(=O)C4CC(C)(C)N([O])C4(C)C)cc3)cc2)C(C)(C)N1[O]. The summed E-state index contributed by atoms with van der Waals surface area (Å²) in [6.45, 7) is 14.5. The molecule has 0 N–H and O–H groups in total. The molecule has 10 heteroatoms.